The predicted molar refractivity (Wildman–Crippen MR) is 66.0 cm³/mol. The van der Waals surface area contributed by atoms with Gasteiger partial charge in [0.2, 0.25) is 0 Å². The van der Waals surface area contributed by atoms with E-state index in [1.165, 1.54) is 25.7 Å². The van der Waals surface area contributed by atoms with E-state index in [-0.39, 0.29) is 11.5 Å². The smallest absolute Gasteiger partial charge is 0.0659 e. The molecule has 2 unspecified atom stereocenters. The fourth-order valence-corrected chi connectivity index (χ4v) is 4.81. The van der Waals surface area contributed by atoms with Crippen LogP contribution in [0.3, 0.4) is 0 Å². The van der Waals surface area contributed by atoms with E-state index in [9.17, 15) is 5.11 Å². The van der Waals surface area contributed by atoms with Crippen molar-refractivity contribution in [1.29, 1.82) is 0 Å². The molecule has 90 valence electrons. The highest BCUT2D eigenvalue weighted by Gasteiger charge is 2.55. The van der Waals surface area contributed by atoms with Crippen LogP contribution >= 0.6 is 0 Å². The van der Waals surface area contributed by atoms with E-state index in [1.54, 1.807) is 11.1 Å². The molecule has 0 aromatic carbocycles. The van der Waals surface area contributed by atoms with Crippen LogP contribution in [0.2, 0.25) is 0 Å². The summed E-state index contributed by atoms with van der Waals surface area (Å²) in [7, 11) is 0. The van der Waals surface area contributed by atoms with Crippen molar-refractivity contribution in [2.45, 2.75) is 59.5 Å². The molecule has 0 amide bonds. The molecule has 0 saturated heterocycles. The summed E-state index contributed by atoms with van der Waals surface area (Å²) in [5.41, 5.74) is 3.86. The molecule has 0 heterocycles. The molecule has 16 heavy (non-hydrogen) atoms. The summed E-state index contributed by atoms with van der Waals surface area (Å²) in [6.45, 7) is 9.19. The van der Waals surface area contributed by atoms with Crippen molar-refractivity contribution < 1.29 is 5.11 Å². The Morgan fingerprint density at radius 3 is 2.44 bits per heavy atom. The average Bonchev–Trinajstić information content (AvgIpc) is 2.34. The van der Waals surface area contributed by atoms with Crippen LogP contribution in [-0.4, -0.2) is 11.2 Å². The van der Waals surface area contributed by atoms with Crippen LogP contribution in [0.1, 0.15) is 53.4 Å². The Hall–Kier alpha value is -0.300. The zero-order chi connectivity index (χ0) is 11.7. The van der Waals surface area contributed by atoms with Gasteiger partial charge in [-0.05, 0) is 49.4 Å². The second kappa shape index (κ2) is 2.93. The molecule has 3 rings (SSSR count). The van der Waals surface area contributed by atoms with E-state index in [2.05, 4.69) is 27.7 Å². The lowest BCUT2D eigenvalue weighted by atomic mass is 9.54. The molecule has 1 N–H and O–H groups in total. The molecule has 0 radical (unpaired) electrons. The van der Waals surface area contributed by atoms with Gasteiger partial charge in [0, 0.05) is 5.92 Å². The molecule has 0 aliphatic heterocycles. The fourth-order valence-electron chi connectivity index (χ4n) is 4.81. The molecule has 3 aliphatic carbocycles. The molecule has 0 aromatic heterocycles. The number of hydrogen-bond donors (Lipinski definition) is 1. The second-order valence-corrected chi connectivity index (χ2v) is 7.35. The number of aliphatic hydroxyl groups is 1. The van der Waals surface area contributed by atoms with Gasteiger partial charge in [0.05, 0.1) is 6.10 Å². The van der Waals surface area contributed by atoms with E-state index in [1.807, 2.05) is 0 Å². The first-order chi connectivity index (χ1) is 7.35. The average molecular weight is 220 g/mol. The molecule has 4 atom stereocenters. The Morgan fingerprint density at radius 1 is 1.19 bits per heavy atom. The summed E-state index contributed by atoms with van der Waals surface area (Å²) < 4.78 is 0. The summed E-state index contributed by atoms with van der Waals surface area (Å²) in [4.78, 5) is 0. The summed E-state index contributed by atoms with van der Waals surface area (Å²) in [6.07, 6.45) is 5.08. The molecule has 0 bridgehead atoms. The number of aliphatic hydroxyl groups excluding tert-OH is 1. The van der Waals surface area contributed by atoms with Crippen LogP contribution in [0.15, 0.2) is 11.1 Å². The molecule has 1 nitrogen and oxygen atoms in total. The summed E-state index contributed by atoms with van der Waals surface area (Å²) in [5, 5.41) is 10.5. The van der Waals surface area contributed by atoms with Gasteiger partial charge in [0.15, 0.2) is 0 Å². The highest BCUT2D eigenvalue weighted by atomic mass is 16.3. The van der Waals surface area contributed by atoms with Crippen molar-refractivity contribution in [2.24, 2.45) is 22.7 Å². The maximum Gasteiger partial charge on any atom is 0.0659 e. The van der Waals surface area contributed by atoms with Crippen LogP contribution in [0, 0.1) is 22.7 Å². The quantitative estimate of drug-likeness (QED) is 0.619. The SMILES string of the molecule is CC1=C2CC[C@@]2(C)CC2CC(C)(C)[C@@H](O)C12. The van der Waals surface area contributed by atoms with E-state index >= 15 is 0 Å². The summed E-state index contributed by atoms with van der Waals surface area (Å²) in [5.74, 6) is 1.21. The molecular weight excluding hydrogens is 196 g/mol. The number of allylic oxidation sites excluding steroid dienone is 1. The fraction of sp³-hybridized carbons (Fsp3) is 0.867. The topological polar surface area (TPSA) is 20.2 Å². The van der Waals surface area contributed by atoms with Crippen LogP contribution in [0.25, 0.3) is 0 Å². The zero-order valence-corrected chi connectivity index (χ0v) is 11.0. The number of rotatable bonds is 0. The van der Waals surface area contributed by atoms with Crippen molar-refractivity contribution in [3.8, 4) is 0 Å². The van der Waals surface area contributed by atoms with E-state index in [4.69, 9.17) is 0 Å². The van der Waals surface area contributed by atoms with Gasteiger partial charge in [0.1, 0.15) is 0 Å². The van der Waals surface area contributed by atoms with Gasteiger partial charge in [-0.3, -0.25) is 0 Å². The molecule has 2 fully saturated rings. The number of fused-ring (bicyclic) bond motifs is 2. The number of hydrogen-bond acceptors (Lipinski definition) is 1. The Morgan fingerprint density at radius 2 is 1.88 bits per heavy atom. The minimum Gasteiger partial charge on any atom is -0.392 e. The Bertz CT molecular complexity index is 366. The highest BCUT2D eigenvalue weighted by Crippen LogP contribution is 2.63. The maximum absolute atomic E-state index is 10.5. The maximum atomic E-state index is 10.5. The lowest BCUT2D eigenvalue weighted by molar-refractivity contribution is 0.0452. The summed E-state index contributed by atoms with van der Waals surface area (Å²) >= 11 is 0. The van der Waals surface area contributed by atoms with Crippen LogP contribution in [0.4, 0.5) is 0 Å². The van der Waals surface area contributed by atoms with Crippen molar-refractivity contribution in [3.63, 3.8) is 0 Å². The van der Waals surface area contributed by atoms with Crippen molar-refractivity contribution in [3.05, 3.63) is 11.1 Å². The third-order valence-electron chi connectivity index (χ3n) is 5.78. The van der Waals surface area contributed by atoms with Gasteiger partial charge in [-0.2, -0.15) is 0 Å². The van der Waals surface area contributed by atoms with Crippen LogP contribution in [0.5, 0.6) is 0 Å². The molecule has 2 saturated carbocycles. The van der Waals surface area contributed by atoms with Crippen molar-refractivity contribution in [2.75, 3.05) is 0 Å². The Labute approximate surface area is 98.9 Å². The van der Waals surface area contributed by atoms with Crippen molar-refractivity contribution >= 4 is 0 Å². The van der Waals surface area contributed by atoms with E-state index in [0.29, 0.717) is 11.3 Å². The van der Waals surface area contributed by atoms with Gasteiger partial charge in [-0.15, -0.1) is 0 Å². The van der Waals surface area contributed by atoms with Gasteiger partial charge in [-0.1, -0.05) is 31.9 Å². The van der Waals surface area contributed by atoms with Gasteiger partial charge in [-0.25, -0.2) is 0 Å². The Kier molecular flexibility index (Phi) is 1.98. The van der Waals surface area contributed by atoms with E-state index < -0.39 is 0 Å². The van der Waals surface area contributed by atoms with E-state index in [0.717, 1.165) is 5.92 Å². The predicted octanol–water partition coefficient (Wildman–Crippen LogP) is 3.53. The van der Waals surface area contributed by atoms with Gasteiger partial charge in [0.25, 0.3) is 0 Å². The minimum absolute atomic E-state index is 0.116. The van der Waals surface area contributed by atoms with Gasteiger partial charge >= 0.3 is 0 Å². The van der Waals surface area contributed by atoms with Gasteiger partial charge < -0.3 is 5.11 Å². The lowest BCUT2D eigenvalue weighted by Gasteiger charge is -2.51. The van der Waals surface area contributed by atoms with Crippen molar-refractivity contribution in [1.82, 2.24) is 0 Å². The monoisotopic (exact) mass is 220 g/mol. The third-order valence-corrected chi connectivity index (χ3v) is 5.78. The molecular formula is C15H24O. The standard InChI is InChI=1S/C15H24O/c1-9-11-5-6-15(11,4)8-10-7-14(2,3)13(16)12(9)10/h10,12-13,16H,5-8H2,1-4H3/t10?,12?,13-,15-/m0/s1. The summed E-state index contributed by atoms with van der Waals surface area (Å²) in [6, 6.07) is 0. The normalized spacial score (nSPS) is 49.7. The first-order valence-electron chi connectivity index (χ1n) is 6.73. The molecule has 3 aliphatic rings. The molecule has 1 heteroatoms. The minimum atomic E-state index is -0.116. The van der Waals surface area contributed by atoms with Crippen LogP contribution < -0.4 is 0 Å². The Balaban J connectivity index is 2.02. The largest absolute Gasteiger partial charge is 0.392 e. The van der Waals surface area contributed by atoms with Crippen LogP contribution in [-0.2, 0) is 0 Å². The zero-order valence-electron chi connectivity index (χ0n) is 11.0. The lowest BCUT2D eigenvalue weighted by Crippen LogP contribution is -2.41. The first kappa shape index (κ1) is 10.8. The molecule has 0 spiro atoms. The molecule has 0 aromatic rings. The second-order valence-electron chi connectivity index (χ2n) is 7.35. The first-order valence-corrected chi connectivity index (χ1v) is 6.73. The highest BCUT2D eigenvalue weighted by molar-refractivity contribution is 5.35. The third kappa shape index (κ3) is 1.16.